The number of nitrogens with zero attached hydrogens (tertiary/aromatic N) is 2. The first-order valence-corrected chi connectivity index (χ1v) is 12.4. The summed E-state index contributed by atoms with van der Waals surface area (Å²) in [6.07, 6.45) is 6.45. The van der Waals surface area contributed by atoms with Crippen LogP contribution in [0.5, 0.6) is 5.75 Å². The molecule has 2 aromatic rings. The zero-order valence-electron chi connectivity index (χ0n) is 19.7. The van der Waals surface area contributed by atoms with Gasteiger partial charge in [-0.15, -0.1) is 0 Å². The molecule has 5 heteroatoms. The topological polar surface area (TPSA) is 49.9 Å². The maximum Gasteiger partial charge on any atom is 0.227 e. The Kier molecular flexibility index (Phi) is 8.03. The standard InChI is InChI=1S/C28H36N2O3/c1-33-26-12-9-23(10-13-26)17-20-30-21-25(11-14-27(30)31)28(32)29-18-15-24(16-19-29)8-7-22-5-3-2-4-6-22/h2-6,9-10,12-13,24-25H,7-8,11,14-21H2,1H3. The van der Waals surface area contributed by atoms with Gasteiger partial charge in [-0.25, -0.2) is 0 Å². The average molecular weight is 449 g/mol. The van der Waals surface area contributed by atoms with E-state index in [9.17, 15) is 9.59 Å². The SMILES string of the molecule is COc1ccc(CCN2CC(C(=O)N3CCC(CCc4ccccc4)CC3)CCC2=O)cc1. The van der Waals surface area contributed by atoms with Crippen molar-refractivity contribution in [3.05, 3.63) is 65.7 Å². The molecule has 2 aliphatic heterocycles. The smallest absolute Gasteiger partial charge is 0.227 e. The Morgan fingerprint density at radius 3 is 2.33 bits per heavy atom. The Balaban J connectivity index is 1.23. The van der Waals surface area contributed by atoms with E-state index in [0.29, 0.717) is 31.8 Å². The van der Waals surface area contributed by atoms with Crippen LogP contribution < -0.4 is 4.74 Å². The largest absolute Gasteiger partial charge is 0.497 e. The van der Waals surface area contributed by atoms with Crippen LogP contribution in [0.2, 0.25) is 0 Å². The van der Waals surface area contributed by atoms with Gasteiger partial charge in [0.2, 0.25) is 11.8 Å². The highest BCUT2D eigenvalue weighted by atomic mass is 16.5. The first kappa shape index (κ1) is 23.3. The molecule has 4 rings (SSSR count). The van der Waals surface area contributed by atoms with Gasteiger partial charge in [0.15, 0.2) is 0 Å². The van der Waals surface area contributed by atoms with E-state index in [1.165, 1.54) is 17.5 Å². The molecule has 0 aromatic heterocycles. The van der Waals surface area contributed by atoms with Gasteiger partial charge in [0, 0.05) is 32.6 Å². The predicted molar refractivity (Wildman–Crippen MR) is 130 cm³/mol. The van der Waals surface area contributed by atoms with Crippen LogP contribution in [0.3, 0.4) is 0 Å². The number of piperidine rings is 2. The lowest BCUT2D eigenvalue weighted by molar-refractivity contribution is -0.144. The van der Waals surface area contributed by atoms with E-state index in [-0.39, 0.29) is 17.7 Å². The highest BCUT2D eigenvalue weighted by molar-refractivity contribution is 5.84. The number of rotatable bonds is 8. The number of hydrogen-bond donors (Lipinski definition) is 0. The van der Waals surface area contributed by atoms with Gasteiger partial charge in [-0.3, -0.25) is 9.59 Å². The summed E-state index contributed by atoms with van der Waals surface area (Å²) in [5.41, 5.74) is 2.58. The monoisotopic (exact) mass is 448 g/mol. The summed E-state index contributed by atoms with van der Waals surface area (Å²) in [5.74, 6) is 1.90. The van der Waals surface area contributed by atoms with Crippen molar-refractivity contribution in [1.82, 2.24) is 9.80 Å². The summed E-state index contributed by atoms with van der Waals surface area (Å²) < 4.78 is 5.21. The number of benzene rings is 2. The van der Waals surface area contributed by atoms with Crippen molar-refractivity contribution in [2.45, 2.75) is 44.9 Å². The summed E-state index contributed by atoms with van der Waals surface area (Å²) in [6, 6.07) is 18.6. The van der Waals surface area contributed by atoms with Gasteiger partial charge in [0.05, 0.1) is 13.0 Å². The van der Waals surface area contributed by atoms with Gasteiger partial charge < -0.3 is 14.5 Å². The molecule has 0 radical (unpaired) electrons. The lowest BCUT2D eigenvalue weighted by atomic mass is 9.89. The minimum Gasteiger partial charge on any atom is -0.497 e. The summed E-state index contributed by atoms with van der Waals surface area (Å²) in [5, 5.41) is 0. The van der Waals surface area contributed by atoms with Crippen LogP contribution in [0, 0.1) is 11.8 Å². The average Bonchev–Trinajstić information content (AvgIpc) is 2.88. The molecule has 0 aliphatic carbocycles. The Morgan fingerprint density at radius 1 is 0.939 bits per heavy atom. The maximum absolute atomic E-state index is 13.2. The zero-order chi connectivity index (χ0) is 23.0. The second-order valence-electron chi connectivity index (χ2n) is 9.47. The number of likely N-dealkylation sites (tertiary alicyclic amines) is 2. The van der Waals surface area contributed by atoms with Crippen molar-refractivity contribution >= 4 is 11.8 Å². The molecule has 0 bridgehead atoms. The first-order chi connectivity index (χ1) is 16.1. The van der Waals surface area contributed by atoms with Crippen molar-refractivity contribution in [2.24, 2.45) is 11.8 Å². The molecule has 1 unspecified atom stereocenters. The van der Waals surface area contributed by atoms with Crippen LogP contribution >= 0.6 is 0 Å². The molecule has 33 heavy (non-hydrogen) atoms. The molecule has 0 spiro atoms. The number of carbonyl (C=O) groups excluding carboxylic acids is 2. The van der Waals surface area contributed by atoms with Crippen molar-refractivity contribution in [2.75, 3.05) is 33.3 Å². The molecular weight excluding hydrogens is 412 g/mol. The van der Waals surface area contributed by atoms with E-state index < -0.39 is 0 Å². The first-order valence-electron chi connectivity index (χ1n) is 12.4. The third kappa shape index (κ3) is 6.37. The molecular formula is C28H36N2O3. The molecule has 5 nitrogen and oxygen atoms in total. The van der Waals surface area contributed by atoms with Crippen molar-refractivity contribution in [3.63, 3.8) is 0 Å². The quantitative estimate of drug-likeness (QED) is 0.603. The highest BCUT2D eigenvalue weighted by Crippen LogP contribution is 2.26. The summed E-state index contributed by atoms with van der Waals surface area (Å²) in [4.78, 5) is 29.6. The van der Waals surface area contributed by atoms with E-state index in [1.807, 2.05) is 29.2 Å². The van der Waals surface area contributed by atoms with Crippen molar-refractivity contribution < 1.29 is 14.3 Å². The van der Waals surface area contributed by atoms with E-state index >= 15 is 0 Å². The summed E-state index contributed by atoms with van der Waals surface area (Å²) in [7, 11) is 1.66. The predicted octanol–water partition coefficient (Wildman–Crippen LogP) is 4.35. The van der Waals surface area contributed by atoms with Crippen LogP contribution in [0.25, 0.3) is 0 Å². The lowest BCUT2D eigenvalue weighted by Crippen LogP contribution is -2.49. The fourth-order valence-corrected chi connectivity index (χ4v) is 5.10. The Morgan fingerprint density at radius 2 is 1.64 bits per heavy atom. The number of aryl methyl sites for hydroxylation is 1. The molecule has 2 heterocycles. The number of hydrogen-bond acceptors (Lipinski definition) is 3. The Hall–Kier alpha value is -2.82. The van der Waals surface area contributed by atoms with Gasteiger partial charge in [0.25, 0.3) is 0 Å². The second kappa shape index (κ2) is 11.4. The molecule has 0 N–H and O–H groups in total. The van der Waals surface area contributed by atoms with Crippen LogP contribution in [0.4, 0.5) is 0 Å². The Bertz CT molecular complexity index is 904. The molecule has 176 valence electrons. The van der Waals surface area contributed by atoms with Crippen LogP contribution in [0.15, 0.2) is 54.6 Å². The Labute approximate surface area is 197 Å². The fourth-order valence-electron chi connectivity index (χ4n) is 5.10. The van der Waals surface area contributed by atoms with Crippen LogP contribution in [-0.2, 0) is 22.4 Å². The molecule has 2 saturated heterocycles. The van der Waals surface area contributed by atoms with E-state index in [1.54, 1.807) is 7.11 Å². The van der Waals surface area contributed by atoms with Gasteiger partial charge >= 0.3 is 0 Å². The third-order valence-electron chi connectivity index (χ3n) is 7.29. The van der Waals surface area contributed by atoms with Crippen LogP contribution in [-0.4, -0.2) is 54.9 Å². The molecule has 2 fully saturated rings. The molecule has 2 amide bonds. The minimum atomic E-state index is -0.0561. The number of methoxy groups -OCH3 is 1. The van der Waals surface area contributed by atoms with Crippen molar-refractivity contribution in [3.8, 4) is 5.75 Å². The lowest BCUT2D eigenvalue weighted by Gasteiger charge is -2.38. The molecule has 2 aromatic carbocycles. The van der Waals surface area contributed by atoms with Gasteiger partial charge in [-0.2, -0.15) is 0 Å². The normalized spacial score (nSPS) is 19.5. The highest BCUT2D eigenvalue weighted by Gasteiger charge is 2.34. The summed E-state index contributed by atoms with van der Waals surface area (Å²) >= 11 is 0. The molecule has 2 aliphatic rings. The van der Waals surface area contributed by atoms with Crippen LogP contribution in [0.1, 0.15) is 43.2 Å². The number of amides is 2. The number of ether oxygens (including phenoxy) is 1. The molecule has 0 saturated carbocycles. The van der Waals surface area contributed by atoms with Gasteiger partial charge in [-0.05, 0) is 67.7 Å². The van der Waals surface area contributed by atoms with E-state index in [4.69, 9.17) is 4.74 Å². The van der Waals surface area contributed by atoms with E-state index in [0.717, 1.165) is 44.5 Å². The second-order valence-corrected chi connectivity index (χ2v) is 9.47. The number of carbonyl (C=O) groups is 2. The minimum absolute atomic E-state index is 0.0561. The molecule has 1 atom stereocenters. The maximum atomic E-state index is 13.2. The van der Waals surface area contributed by atoms with E-state index in [2.05, 4.69) is 35.2 Å². The third-order valence-corrected chi connectivity index (χ3v) is 7.29. The van der Waals surface area contributed by atoms with Gasteiger partial charge in [0.1, 0.15) is 5.75 Å². The van der Waals surface area contributed by atoms with Gasteiger partial charge in [-0.1, -0.05) is 42.5 Å². The zero-order valence-corrected chi connectivity index (χ0v) is 19.7. The van der Waals surface area contributed by atoms with Crippen molar-refractivity contribution in [1.29, 1.82) is 0 Å². The summed E-state index contributed by atoms with van der Waals surface area (Å²) in [6.45, 7) is 2.93. The fraction of sp³-hybridized carbons (Fsp3) is 0.500.